The van der Waals surface area contributed by atoms with Crippen LogP contribution >= 0.6 is 0 Å². The minimum Gasteiger partial charge on any atom is -0.485 e. The lowest BCUT2D eigenvalue weighted by Gasteiger charge is -2.37. The van der Waals surface area contributed by atoms with Gasteiger partial charge in [-0.25, -0.2) is 0 Å². The Balaban J connectivity index is 1.49. The SMILES string of the molecule is CCN1C[C@H](CN(C)CC(=O)NCc2ccco2)Oc2ccccc21. The first-order valence-corrected chi connectivity index (χ1v) is 8.64. The molecule has 1 aromatic heterocycles. The first kappa shape index (κ1) is 17.4. The molecule has 1 atom stereocenters. The summed E-state index contributed by atoms with van der Waals surface area (Å²) in [5.41, 5.74) is 1.14. The second kappa shape index (κ2) is 8.07. The van der Waals surface area contributed by atoms with Gasteiger partial charge in [-0.05, 0) is 38.2 Å². The van der Waals surface area contributed by atoms with Crippen molar-refractivity contribution < 1.29 is 13.9 Å². The van der Waals surface area contributed by atoms with Crippen LogP contribution in [0.15, 0.2) is 47.1 Å². The lowest BCUT2D eigenvalue weighted by molar-refractivity contribution is -0.122. The molecule has 134 valence electrons. The standard InChI is InChI=1S/C19H25N3O3/c1-3-22-13-16(25-18-9-5-4-8-17(18)22)12-21(2)14-19(23)20-11-15-7-6-10-24-15/h4-10,16H,3,11-14H2,1-2H3,(H,20,23)/t16-/m0/s1. The van der Waals surface area contributed by atoms with Crippen LogP contribution in [-0.4, -0.2) is 50.1 Å². The van der Waals surface area contributed by atoms with Crippen molar-refractivity contribution in [2.45, 2.75) is 19.6 Å². The van der Waals surface area contributed by atoms with E-state index in [1.54, 1.807) is 6.26 Å². The fraction of sp³-hybridized carbons (Fsp3) is 0.421. The molecule has 6 nitrogen and oxygen atoms in total. The predicted molar refractivity (Wildman–Crippen MR) is 96.8 cm³/mol. The van der Waals surface area contributed by atoms with Crippen molar-refractivity contribution in [2.24, 2.45) is 0 Å². The van der Waals surface area contributed by atoms with Crippen molar-refractivity contribution in [1.29, 1.82) is 0 Å². The number of hydrogen-bond donors (Lipinski definition) is 1. The van der Waals surface area contributed by atoms with Gasteiger partial charge in [-0.2, -0.15) is 0 Å². The number of carbonyl (C=O) groups is 1. The van der Waals surface area contributed by atoms with Gasteiger partial charge in [0.1, 0.15) is 17.6 Å². The van der Waals surface area contributed by atoms with Gasteiger partial charge in [0.05, 0.1) is 31.6 Å². The van der Waals surface area contributed by atoms with Gasteiger partial charge in [-0.1, -0.05) is 12.1 Å². The zero-order chi connectivity index (χ0) is 17.6. The van der Waals surface area contributed by atoms with Gasteiger partial charge in [0.25, 0.3) is 0 Å². The molecule has 1 amide bonds. The molecule has 0 bridgehead atoms. The van der Waals surface area contributed by atoms with E-state index in [0.717, 1.165) is 30.3 Å². The second-order valence-corrected chi connectivity index (χ2v) is 6.30. The molecular weight excluding hydrogens is 318 g/mol. The third-order valence-corrected chi connectivity index (χ3v) is 4.27. The van der Waals surface area contributed by atoms with Gasteiger partial charge in [0, 0.05) is 13.1 Å². The Bertz CT molecular complexity index is 687. The molecule has 0 spiro atoms. The van der Waals surface area contributed by atoms with E-state index in [4.69, 9.17) is 9.15 Å². The highest BCUT2D eigenvalue weighted by Crippen LogP contribution is 2.32. The summed E-state index contributed by atoms with van der Waals surface area (Å²) >= 11 is 0. The Morgan fingerprint density at radius 1 is 1.32 bits per heavy atom. The molecule has 1 N–H and O–H groups in total. The maximum atomic E-state index is 12.1. The molecule has 0 unspecified atom stereocenters. The Hall–Kier alpha value is -2.47. The number of anilines is 1. The first-order valence-electron chi connectivity index (χ1n) is 8.64. The summed E-state index contributed by atoms with van der Waals surface area (Å²) in [4.78, 5) is 16.4. The quantitative estimate of drug-likeness (QED) is 0.834. The van der Waals surface area contributed by atoms with E-state index in [1.165, 1.54) is 0 Å². The van der Waals surface area contributed by atoms with E-state index < -0.39 is 0 Å². The fourth-order valence-corrected chi connectivity index (χ4v) is 3.09. The average Bonchev–Trinajstić information content (AvgIpc) is 3.12. The number of ether oxygens (including phenoxy) is 1. The van der Waals surface area contributed by atoms with Crippen LogP contribution in [0.4, 0.5) is 5.69 Å². The molecule has 0 aliphatic carbocycles. The lowest BCUT2D eigenvalue weighted by Crippen LogP contribution is -2.47. The zero-order valence-corrected chi connectivity index (χ0v) is 14.8. The van der Waals surface area contributed by atoms with Crippen molar-refractivity contribution in [1.82, 2.24) is 10.2 Å². The molecule has 0 radical (unpaired) electrons. The zero-order valence-electron chi connectivity index (χ0n) is 14.8. The van der Waals surface area contributed by atoms with Crippen molar-refractivity contribution >= 4 is 11.6 Å². The minimum absolute atomic E-state index is 0.0255. The number of furan rings is 1. The highest BCUT2D eigenvalue weighted by Gasteiger charge is 2.25. The third kappa shape index (κ3) is 4.54. The summed E-state index contributed by atoms with van der Waals surface area (Å²) in [5.74, 6) is 1.64. The van der Waals surface area contributed by atoms with Gasteiger partial charge in [-0.15, -0.1) is 0 Å². The number of para-hydroxylation sites is 2. The van der Waals surface area contributed by atoms with Crippen LogP contribution in [0.2, 0.25) is 0 Å². The van der Waals surface area contributed by atoms with Crippen LogP contribution < -0.4 is 15.0 Å². The third-order valence-electron chi connectivity index (χ3n) is 4.27. The van der Waals surface area contributed by atoms with Crippen molar-refractivity contribution in [3.05, 3.63) is 48.4 Å². The fourth-order valence-electron chi connectivity index (χ4n) is 3.09. The van der Waals surface area contributed by atoms with Gasteiger partial charge in [0.15, 0.2) is 0 Å². The summed E-state index contributed by atoms with van der Waals surface area (Å²) in [6.07, 6.45) is 1.64. The van der Waals surface area contributed by atoms with Crippen LogP contribution in [0.3, 0.4) is 0 Å². The molecule has 1 aliphatic heterocycles. The smallest absolute Gasteiger partial charge is 0.234 e. The molecule has 3 rings (SSSR count). The van der Waals surface area contributed by atoms with Crippen LogP contribution in [0.1, 0.15) is 12.7 Å². The molecule has 0 fully saturated rings. The van der Waals surface area contributed by atoms with Crippen molar-refractivity contribution in [3.8, 4) is 5.75 Å². The highest BCUT2D eigenvalue weighted by atomic mass is 16.5. The number of fused-ring (bicyclic) bond motifs is 1. The Kier molecular flexibility index (Phi) is 5.60. The summed E-state index contributed by atoms with van der Waals surface area (Å²) in [6, 6.07) is 11.8. The molecular formula is C19H25N3O3. The number of benzene rings is 1. The number of nitrogens with zero attached hydrogens (tertiary/aromatic N) is 2. The number of likely N-dealkylation sites (N-methyl/N-ethyl adjacent to an activating group) is 2. The second-order valence-electron chi connectivity index (χ2n) is 6.30. The number of carbonyl (C=O) groups excluding carboxylic acids is 1. The summed E-state index contributed by atoms with van der Waals surface area (Å²) in [5, 5.41) is 2.86. The topological polar surface area (TPSA) is 58.0 Å². The molecule has 1 aromatic carbocycles. The lowest BCUT2D eigenvalue weighted by atomic mass is 10.2. The normalized spacial score (nSPS) is 16.4. The van der Waals surface area contributed by atoms with Gasteiger partial charge >= 0.3 is 0 Å². The number of hydrogen-bond acceptors (Lipinski definition) is 5. The van der Waals surface area contributed by atoms with Gasteiger partial charge in [0.2, 0.25) is 5.91 Å². The summed E-state index contributed by atoms with van der Waals surface area (Å²) < 4.78 is 11.3. The molecule has 6 heteroatoms. The first-order chi connectivity index (χ1) is 12.2. The van der Waals surface area contributed by atoms with Crippen LogP contribution in [0, 0.1) is 0 Å². The molecule has 0 saturated heterocycles. The summed E-state index contributed by atoms with van der Waals surface area (Å²) in [7, 11) is 1.94. The largest absolute Gasteiger partial charge is 0.485 e. The van der Waals surface area contributed by atoms with Crippen LogP contribution in [0.5, 0.6) is 5.75 Å². The maximum absolute atomic E-state index is 12.1. The number of rotatable bonds is 7. The van der Waals surface area contributed by atoms with Crippen molar-refractivity contribution in [2.75, 3.05) is 38.1 Å². The van der Waals surface area contributed by atoms with E-state index >= 15 is 0 Å². The molecule has 0 saturated carbocycles. The number of amides is 1. The van der Waals surface area contributed by atoms with Crippen LogP contribution in [0.25, 0.3) is 0 Å². The van der Waals surface area contributed by atoms with Crippen LogP contribution in [-0.2, 0) is 11.3 Å². The minimum atomic E-state index is -0.0255. The molecule has 2 heterocycles. The average molecular weight is 343 g/mol. The Morgan fingerprint density at radius 3 is 2.92 bits per heavy atom. The molecule has 1 aliphatic rings. The monoisotopic (exact) mass is 343 g/mol. The van der Waals surface area contributed by atoms with E-state index in [-0.39, 0.29) is 12.0 Å². The molecule has 2 aromatic rings. The maximum Gasteiger partial charge on any atom is 0.234 e. The Morgan fingerprint density at radius 2 is 2.16 bits per heavy atom. The Labute approximate surface area is 148 Å². The molecule has 25 heavy (non-hydrogen) atoms. The highest BCUT2D eigenvalue weighted by molar-refractivity contribution is 5.77. The van der Waals surface area contributed by atoms with E-state index in [0.29, 0.717) is 19.6 Å². The van der Waals surface area contributed by atoms with Crippen molar-refractivity contribution in [3.63, 3.8) is 0 Å². The van der Waals surface area contributed by atoms with E-state index in [9.17, 15) is 4.79 Å². The van der Waals surface area contributed by atoms with Gasteiger partial charge < -0.3 is 19.4 Å². The number of nitrogens with one attached hydrogen (secondary N) is 1. The van der Waals surface area contributed by atoms with E-state index in [2.05, 4.69) is 23.2 Å². The van der Waals surface area contributed by atoms with E-state index in [1.807, 2.05) is 42.3 Å². The summed E-state index contributed by atoms with van der Waals surface area (Å²) in [6.45, 7) is 5.34. The predicted octanol–water partition coefficient (Wildman–Crippen LogP) is 2.12. The van der Waals surface area contributed by atoms with Gasteiger partial charge in [-0.3, -0.25) is 9.69 Å².